The monoisotopic (exact) mass is 258 g/mol. The van der Waals surface area contributed by atoms with Gasteiger partial charge in [0, 0.05) is 25.7 Å². The van der Waals surface area contributed by atoms with Crippen LogP contribution in [0.4, 0.5) is 0 Å². The van der Waals surface area contributed by atoms with Gasteiger partial charge in [0.1, 0.15) is 0 Å². The summed E-state index contributed by atoms with van der Waals surface area (Å²) in [5.41, 5.74) is 1.46. The molecule has 3 rings (SSSR count). The van der Waals surface area contributed by atoms with Gasteiger partial charge in [0.2, 0.25) is 0 Å². The first-order valence-corrected chi connectivity index (χ1v) is 7.90. The minimum absolute atomic E-state index is 0.715. The van der Waals surface area contributed by atoms with Gasteiger partial charge in [-0.15, -0.1) is 0 Å². The van der Waals surface area contributed by atoms with Crippen LogP contribution in [0, 0.1) is 5.92 Å². The number of hydrogen-bond donors (Lipinski definition) is 1. The van der Waals surface area contributed by atoms with Crippen molar-refractivity contribution in [3.63, 3.8) is 0 Å². The number of nitrogens with zero attached hydrogens (tertiary/aromatic N) is 1. The highest BCUT2D eigenvalue weighted by Crippen LogP contribution is 2.21. The zero-order valence-electron chi connectivity index (χ0n) is 11.9. The highest BCUT2D eigenvalue weighted by atomic mass is 15.2. The molecule has 0 spiro atoms. The largest absolute Gasteiger partial charge is 0.312 e. The van der Waals surface area contributed by atoms with Crippen molar-refractivity contribution in [2.75, 3.05) is 19.6 Å². The van der Waals surface area contributed by atoms with Crippen molar-refractivity contribution < 1.29 is 0 Å². The molecule has 19 heavy (non-hydrogen) atoms. The molecule has 2 fully saturated rings. The number of benzene rings is 1. The first kappa shape index (κ1) is 13.1. The van der Waals surface area contributed by atoms with Crippen LogP contribution in [0.5, 0.6) is 0 Å². The lowest BCUT2D eigenvalue weighted by atomic mass is 9.99. The Morgan fingerprint density at radius 2 is 1.84 bits per heavy atom. The molecule has 1 aromatic rings. The van der Waals surface area contributed by atoms with E-state index in [0.717, 1.165) is 12.5 Å². The van der Waals surface area contributed by atoms with E-state index in [1.54, 1.807) is 0 Å². The molecular formula is C17H26N2. The average molecular weight is 258 g/mol. The maximum Gasteiger partial charge on any atom is 0.0234 e. The quantitative estimate of drug-likeness (QED) is 0.877. The lowest BCUT2D eigenvalue weighted by molar-refractivity contribution is 0.220. The second-order valence-electron chi connectivity index (χ2n) is 6.29. The first-order chi connectivity index (χ1) is 9.40. The van der Waals surface area contributed by atoms with Gasteiger partial charge in [0.05, 0.1) is 0 Å². The van der Waals surface area contributed by atoms with E-state index in [1.807, 2.05) is 0 Å². The van der Waals surface area contributed by atoms with Gasteiger partial charge >= 0.3 is 0 Å². The molecule has 0 amide bonds. The topological polar surface area (TPSA) is 15.3 Å². The summed E-state index contributed by atoms with van der Waals surface area (Å²) in [6, 6.07) is 11.7. The summed E-state index contributed by atoms with van der Waals surface area (Å²) in [5, 5.41) is 3.80. The van der Waals surface area contributed by atoms with Gasteiger partial charge < -0.3 is 5.32 Å². The molecule has 1 N–H and O–H groups in total. The van der Waals surface area contributed by atoms with Crippen LogP contribution in [0.3, 0.4) is 0 Å². The predicted molar refractivity (Wildman–Crippen MR) is 80.1 cm³/mol. The number of nitrogens with one attached hydrogen (secondary N) is 1. The molecule has 2 heteroatoms. The molecule has 2 unspecified atom stereocenters. The fourth-order valence-corrected chi connectivity index (χ4v) is 3.57. The summed E-state index contributed by atoms with van der Waals surface area (Å²) in [7, 11) is 0. The van der Waals surface area contributed by atoms with Crippen LogP contribution in [0.1, 0.15) is 37.7 Å². The van der Waals surface area contributed by atoms with Crippen LogP contribution >= 0.6 is 0 Å². The molecule has 2 saturated heterocycles. The Kier molecular flexibility index (Phi) is 4.52. The average Bonchev–Trinajstić information content (AvgIpc) is 2.55. The Hall–Kier alpha value is -0.860. The lowest BCUT2D eigenvalue weighted by Gasteiger charge is -2.27. The molecule has 2 aliphatic rings. The summed E-state index contributed by atoms with van der Waals surface area (Å²) >= 11 is 0. The van der Waals surface area contributed by atoms with Crippen LogP contribution in [0.2, 0.25) is 0 Å². The third-order valence-corrected chi connectivity index (χ3v) is 4.60. The zero-order valence-corrected chi connectivity index (χ0v) is 11.9. The van der Waals surface area contributed by atoms with Crippen molar-refractivity contribution >= 4 is 0 Å². The Morgan fingerprint density at radius 1 is 1.00 bits per heavy atom. The second kappa shape index (κ2) is 6.53. The SMILES string of the molecule is c1ccc(CN2CC3CCCCCC(C2)NC3)cc1. The molecule has 0 aromatic heterocycles. The van der Waals surface area contributed by atoms with Crippen molar-refractivity contribution in [3.8, 4) is 0 Å². The molecule has 0 radical (unpaired) electrons. The second-order valence-corrected chi connectivity index (χ2v) is 6.29. The highest BCUT2D eigenvalue weighted by Gasteiger charge is 2.24. The van der Waals surface area contributed by atoms with Gasteiger partial charge in [-0.2, -0.15) is 0 Å². The van der Waals surface area contributed by atoms with E-state index in [-0.39, 0.29) is 0 Å². The Balaban J connectivity index is 1.67. The van der Waals surface area contributed by atoms with E-state index in [4.69, 9.17) is 0 Å². The summed E-state index contributed by atoms with van der Waals surface area (Å²) < 4.78 is 0. The zero-order chi connectivity index (χ0) is 12.9. The maximum absolute atomic E-state index is 3.80. The standard InChI is InChI=1S/C17H26N2/c1-3-7-15(8-4-1)12-19-13-16-9-5-2-6-10-17(14-19)18-11-16/h1,3-4,7-8,16-18H,2,5-6,9-14H2. The van der Waals surface area contributed by atoms with Crippen molar-refractivity contribution in [1.82, 2.24) is 10.2 Å². The van der Waals surface area contributed by atoms with E-state index in [0.29, 0.717) is 6.04 Å². The van der Waals surface area contributed by atoms with E-state index >= 15 is 0 Å². The molecule has 2 atom stereocenters. The van der Waals surface area contributed by atoms with Gasteiger partial charge in [-0.25, -0.2) is 0 Å². The van der Waals surface area contributed by atoms with Crippen molar-refractivity contribution in [3.05, 3.63) is 35.9 Å². The van der Waals surface area contributed by atoms with Crippen LogP contribution in [-0.2, 0) is 6.54 Å². The third kappa shape index (κ3) is 3.80. The molecule has 2 heterocycles. The molecule has 104 valence electrons. The third-order valence-electron chi connectivity index (χ3n) is 4.60. The number of hydrogen-bond acceptors (Lipinski definition) is 2. The molecule has 2 bridgehead atoms. The van der Waals surface area contributed by atoms with Gasteiger partial charge in [-0.3, -0.25) is 4.90 Å². The minimum atomic E-state index is 0.715. The number of rotatable bonds is 2. The summed E-state index contributed by atoms with van der Waals surface area (Å²) in [6.07, 6.45) is 7.04. The van der Waals surface area contributed by atoms with Gasteiger partial charge in [0.25, 0.3) is 0 Å². The fourth-order valence-electron chi connectivity index (χ4n) is 3.57. The Labute approximate surface area is 117 Å². The van der Waals surface area contributed by atoms with Crippen LogP contribution in [0.15, 0.2) is 30.3 Å². The first-order valence-electron chi connectivity index (χ1n) is 7.90. The lowest BCUT2D eigenvalue weighted by Crippen LogP contribution is -2.37. The molecule has 2 aliphatic heterocycles. The minimum Gasteiger partial charge on any atom is -0.312 e. The van der Waals surface area contributed by atoms with Gasteiger partial charge in [-0.05, 0) is 30.9 Å². The van der Waals surface area contributed by atoms with Crippen molar-refractivity contribution in [2.24, 2.45) is 5.92 Å². The van der Waals surface area contributed by atoms with Crippen LogP contribution in [-0.4, -0.2) is 30.6 Å². The summed E-state index contributed by atoms with van der Waals surface area (Å²) in [6.45, 7) is 4.86. The molecule has 0 saturated carbocycles. The molecular weight excluding hydrogens is 232 g/mol. The Bertz CT molecular complexity index is 360. The molecule has 1 aromatic carbocycles. The molecule has 0 aliphatic carbocycles. The fraction of sp³-hybridized carbons (Fsp3) is 0.647. The van der Waals surface area contributed by atoms with E-state index in [1.165, 1.54) is 57.3 Å². The van der Waals surface area contributed by atoms with Crippen molar-refractivity contribution in [2.45, 2.75) is 44.7 Å². The predicted octanol–water partition coefficient (Wildman–Crippen LogP) is 3.04. The van der Waals surface area contributed by atoms with Gasteiger partial charge in [-0.1, -0.05) is 49.6 Å². The molecule has 2 nitrogen and oxygen atoms in total. The normalized spacial score (nSPS) is 29.3. The smallest absolute Gasteiger partial charge is 0.0234 e. The summed E-state index contributed by atoms with van der Waals surface area (Å²) in [4.78, 5) is 2.68. The number of fused-ring (bicyclic) bond motifs is 3. The van der Waals surface area contributed by atoms with E-state index in [2.05, 4.69) is 40.5 Å². The van der Waals surface area contributed by atoms with E-state index < -0.39 is 0 Å². The maximum atomic E-state index is 3.80. The van der Waals surface area contributed by atoms with Crippen LogP contribution in [0.25, 0.3) is 0 Å². The van der Waals surface area contributed by atoms with Gasteiger partial charge in [0.15, 0.2) is 0 Å². The summed E-state index contributed by atoms with van der Waals surface area (Å²) in [5.74, 6) is 0.854. The highest BCUT2D eigenvalue weighted by molar-refractivity contribution is 5.14. The van der Waals surface area contributed by atoms with Crippen molar-refractivity contribution in [1.29, 1.82) is 0 Å². The van der Waals surface area contributed by atoms with Crippen LogP contribution < -0.4 is 5.32 Å². The van der Waals surface area contributed by atoms with E-state index in [9.17, 15) is 0 Å². The Morgan fingerprint density at radius 3 is 2.74 bits per heavy atom.